The molecule has 152 valence electrons. The number of primary amides is 1. The number of aromatic amines is 1. The molecule has 30 heavy (non-hydrogen) atoms. The van der Waals surface area contributed by atoms with Crippen molar-refractivity contribution in [3.8, 4) is 11.5 Å². The standard InChI is InChI=1S/C20H16N4O6/c21-17(25)12-3-1-2-4-14(12)23-18(26)13-8-22-20(28)24(19(13)27)9-11-5-6-15-16(7-11)30-10-29-15/h1-8H,9-10H2,(H2,21,25)(H,22,28)(H,23,26). The van der Waals surface area contributed by atoms with Gasteiger partial charge in [0.2, 0.25) is 6.79 Å². The van der Waals surface area contributed by atoms with Gasteiger partial charge < -0.3 is 25.5 Å². The van der Waals surface area contributed by atoms with Gasteiger partial charge in [0, 0.05) is 6.20 Å². The number of carbonyl (C=O) groups is 2. The van der Waals surface area contributed by atoms with Crippen molar-refractivity contribution in [2.75, 3.05) is 12.1 Å². The molecular formula is C20H16N4O6. The molecule has 0 unspecified atom stereocenters. The van der Waals surface area contributed by atoms with Crippen LogP contribution >= 0.6 is 0 Å². The van der Waals surface area contributed by atoms with Crippen molar-refractivity contribution in [3.05, 3.63) is 86.2 Å². The number of H-pyrrole nitrogens is 1. The van der Waals surface area contributed by atoms with Crippen molar-refractivity contribution in [1.82, 2.24) is 9.55 Å². The van der Waals surface area contributed by atoms with E-state index in [1.807, 2.05) is 0 Å². The van der Waals surface area contributed by atoms with Crippen LogP contribution in [-0.2, 0) is 6.54 Å². The number of para-hydroxylation sites is 1. The number of carbonyl (C=O) groups excluding carboxylic acids is 2. The number of hydrogen-bond donors (Lipinski definition) is 3. The predicted molar refractivity (Wildman–Crippen MR) is 106 cm³/mol. The second-order valence-electron chi connectivity index (χ2n) is 6.45. The van der Waals surface area contributed by atoms with E-state index in [1.54, 1.807) is 30.3 Å². The van der Waals surface area contributed by atoms with E-state index in [-0.39, 0.29) is 30.2 Å². The smallest absolute Gasteiger partial charge is 0.328 e. The van der Waals surface area contributed by atoms with Gasteiger partial charge in [-0.15, -0.1) is 0 Å². The number of aromatic nitrogens is 2. The minimum absolute atomic E-state index is 0.0796. The van der Waals surface area contributed by atoms with Crippen LogP contribution in [0.3, 0.4) is 0 Å². The third-order valence-corrected chi connectivity index (χ3v) is 4.52. The summed E-state index contributed by atoms with van der Waals surface area (Å²) < 4.78 is 11.4. The van der Waals surface area contributed by atoms with Crippen LogP contribution in [0.25, 0.3) is 0 Å². The number of nitrogens with one attached hydrogen (secondary N) is 2. The van der Waals surface area contributed by atoms with Crippen LogP contribution in [0.15, 0.2) is 58.3 Å². The molecule has 10 nitrogen and oxygen atoms in total. The highest BCUT2D eigenvalue weighted by atomic mass is 16.7. The minimum Gasteiger partial charge on any atom is -0.454 e. The van der Waals surface area contributed by atoms with Gasteiger partial charge in [-0.05, 0) is 29.8 Å². The summed E-state index contributed by atoms with van der Waals surface area (Å²) in [5.41, 5.74) is 4.41. The number of nitrogens with zero attached hydrogens (tertiary/aromatic N) is 1. The molecule has 0 aliphatic carbocycles. The lowest BCUT2D eigenvalue weighted by Crippen LogP contribution is -2.39. The van der Waals surface area contributed by atoms with Crippen LogP contribution in [0, 0.1) is 0 Å². The van der Waals surface area contributed by atoms with Gasteiger partial charge in [-0.25, -0.2) is 4.79 Å². The molecule has 4 N–H and O–H groups in total. The average Bonchev–Trinajstić information content (AvgIpc) is 3.19. The molecular weight excluding hydrogens is 392 g/mol. The van der Waals surface area contributed by atoms with Crippen LogP contribution in [0.4, 0.5) is 5.69 Å². The fourth-order valence-electron chi connectivity index (χ4n) is 3.04. The van der Waals surface area contributed by atoms with E-state index in [2.05, 4.69) is 10.3 Å². The van der Waals surface area contributed by atoms with Crippen LogP contribution in [-0.4, -0.2) is 28.2 Å². The van der Waals surface area contributed by atoms with Crippen LogP contribution in [0.1, 0.15) is 26.3 Å². The van der Waals surface area contributed by atoms with E-state index in [4.69, 9.17) is 15.2 Å². The van der Waals surface area contributed by atoms with Gasteiger partial charge in [0.05, 0.1) is 17.8 Å². The Hall–Kier alpha value is -4.34. The Morgan fingerprint density at radius 2 is 1.83 bits per heavy atom. The summed E-state index contributed by atoms with van der Waals surface area (Å²) >= 11 is 0. The number of ether oxygens (including phenoxy) is 2. The largest absolute Gasteiger partial charge is 0.454 e. The second kappa shape index (κ2) is 7.59. The van der Waals surface area contributed by atoms with Crippen molar-refractivity contribution in [3.63, 3.8) is 0 Å². The first-order valence-corrected chi connectivity index (χ1v) is 8.85. The van der Waals surface area contributed by atoms with Gasteiger partial charge in [0.25, 0.3) is 17.4 Å². The highest BCUT2D eigenvalue weighted by molar-refractivity contribution is 6.08. The van der Waals surface area contributed by atoms with Gasteiger partial charge in [0.1, 0.15) is 5.56 Å². The molecule has 10 heteroatoms. The van der Waals surface area contributed by atoms with E-state index in [9.17, 15) is 19.2 Å². The molecule has 1 aliphatic rings. The van der Waals surface area contributed by atoms with Crippen LogP contribution in [0.2, 0.25) is 0 Å². The summed E-state index contributed by atoms with van der Waals surface area (Å²) in [7, 11) is 0. The number of rotatable bonds is 5. The first kappa shape index (κ1) is 19.0. The maximum atomic E-state index is 12.8. The quantitative estimate of drug-likeness (QED) is 0.566. The number of anilines is 1. The molecule has 1 aromatic heterocycles. The van der Waals surface area contributed by atoms with Crippen molar-refractivity contribution in [2.45, 2.75) is 6.54 Å². The fourth-order valence-corrected chi connectivity index (χ4v) is 3.04. The van der Waals surface area contributed by atoms with Crippen LogP contribution in [0.5, 0.6) is 11.5 Å². The molecule has 0 fully saturated rings. The summed E-state index contributed by atoms with van der Waals surface area (Å²) in [5, 5.41) is 2.48. The molecule has 0 bridgehead atoms. The van der Waals surface area contributed by atoms with Gasteiger partial charge in [0.15, 0.2) is 11.5 Å². The van der Waals surface area contributed by atoms with E-state index < -0.39 is 23.1 Å². The number of benzene rings is 2. The van der Waals surface area contributed by atoms with Crippen molar-refractivity contribution >= 4 is 17.5 Å². The molecule has 1 aliphatic heterocycles. The minimum atomic E-state index is -0.788. The molecule has 0 radical (unpaired) electrons. The molecule has 2 aromatic carbocycles. The van der Waals surface area contributed by atoms with Gasteiger partial charge in [-0.1, -0.05) is 18.2 Å². The molecule has 2 heterocycles. The maximum Gasteiger partial charge on any atom is 0.328 e. The van der Waals surface area contributed by atoms with Gasteiger partial charge >= 0.3 is 5.69 Å². The van der Waals surface area contributed by atoms with E-state index >= 15 is 0 Å². The lowest BCUT2D eigenvalue weighted by atomic mass is 10.1. The first-order valence-electron chi connectivity index (χ1n) is 8.85. The maximum absolute atomic E-state index is 12.8. The second-order valence-corrected chi connectivity index (χ2v) is 6.45. The molecule has 2 amide bonds. The third-order valence-electron chi connectivity index (χ3n) is 4.52. The molecule has 4 rings (SSSR count). The summed E-state index contributed by atoms with van der Waals surface area (Å²) in [6, 6.07) is 11.1. The summed E-state index contributed by atoms with van der Waals surface area (Å²) in [4.78, 5) is 51.6. The third kappa shape index (κ3) is 3.53. The Bertz CT molecular complexity index is 1280. The Kier molecular flexibility index (Phi) is 4.80. The van der Waals surface area contributed by atoms with E-state index in [0.717, 1.165) is 10.8 Å². The topological polar surface area (TPSA) is 146 Å². The predicted octanol–water partition coefficient (Wildman–Crippen LogP) is 0.665. The van der Waals surface area contributed by atoms with Crippen molar-refractivity contribution < 1.29 is 19.1 Å². The Labute approximate surface area is 168 Å². The molecule has 0 spiro atoms. The Balaban J connectivity index is 1.65. The van der Waals surface area contributed by atoms with Gasteiger partial charge in [-0.2, -0.15) is 0 Å². The number of hydrogen-bond acceptors (Lipinski definition) is 6. The molecule has 0 saturated carbocycles. The monoisotopic (exact) mass is 408 g/mol. The average molecular weight is 408 g/mol. The van der Waals surface area contributed by atoms with Crippen molar-refractivity contribution in [2.24, 2.45) is 5.73 Å². The summed E-state index contributed by atoms with van der Waals surface area (Å²) in [6.07, 6.45) is 1.03. The summed E-state index contributed by atoms with van der Waals surface area (Å²) in [6.45, 7) is 0.0194. The number of fused-ring (bicyclic) bond motifs is 1. The Morgan fingerprint density at radius 1 is 1.07 bits per heavy atom. The molecule has 0 atom stereocenters. The van der Waals surface area contributed by atoms with E-state index in [0.29, 0.717) is 17.1 Å². The van der Waals surface area contributed by atoms with Crippen molar-refractivity contribution in [1.29, 1.82) is 0 Å². The lowest BCUT2D eigenvalue weighted by Gasteiger charge is -2.10. The zero-order valence-electron chi connectivity index (χ0n) is 15.5. The highest BCUT2D eigenvalue weighted by Gasteiger charge is 2.19. The van der Waals surface area contributed by atoms with E-state index in [1.165, 1.54) is 12.1 Å². The van der Waals surface area contributed by atoms with Crippen LogP contribution < -0.4 is 31.8 Å². The fraction of sp³-hybridized carbons (Fsp3) is 0.100. The number of amides is 2. The molecule has 3 aromatic rings. The Morgan fingerprint density at radius 3 is 2.63 bits per heavy atom. The zero-order valence-corrected chi connectivity index (χ0v) is 15.5. The summed E-state index contributed by atoms with van der Waals surface area (Å²) in [5.74, 6) is -0.438. The SMILES string of the molecule is NC(=O)c1ccccc1NC(=O)c1c[nH]c(=O)n(Cc2ccc3c(c2)OCO3)c1=O. The molecule has 0 saturated heterocycles. The van der Waals surface area contributed by atoms with Gasteiger partial charge in [-0.3, -0.25) is 19.0 Å². The normalized spacial score (nSPS) is 11.9. The first-order chi connectivity index (χ1) is 14.4. The highest BCUT2D eigenvalue weighted by Crippen LogP contribution is 2.32. The lowest BCUT2D eigenvalue weighted by molar-refractivity contribution is 0.100. The zero-order chi connectivity index (χ0) is 21.3. The number of nitrogens with two attached hydrogens (primary N) is 1.